The van der Waals surface area contributed by atoms with Gasteiger partial charge in [-0.3, -0.25) is 14.5 Å². The lowest BCUT2D eigenvalue weighted by atomic mass is 9.87. The van der Waals surface area contributed by atoms with Crippen molar-refractivity contribution in [3.8, 4) is 0 Å². The predicted octanol–water partition coefficient (Wildman–Crippen LogP) is 2.47. The Morgan fingerprint density at radius 1 is 1.09 bits per heavy atom. The van der Waals surface area contributed by atoms with Crippen LogP contribution in [0.25, 0.3) is 11.0 Å². The summed E-state index contributed by atoms with van der Waals surface area (Å²) in [5.74, 6) is -2.12. The molecular formula is C30H37N7O7. The van der Waals surface area contributed by atoms with E-state index in [1.165, 1.54) is 0 Å². The largest absolute Gasteiger partial charge is 0.480 e. The normalized spacial score (nSPS) is 15.5. The number of imidazole rings is 1. The first-order chi connectivity index (χ1) is 20.9. The van der Waals surface area contributed by atoms with Crippen LogP contribution in [0.3, 0.4) is 0 Å². The average molecular weight is 608 g/mol. The molecule has 0 radical (unpaired) electrons. The van der Waals surface area contributed by atoms with Crippen molar-refractivity contribution in [1.29, 1.82) is 0 Å². The molecule has 1 unspecified atom stereocenters. The molecule has 234 valence electrons. The number of fused-ring (bicyclic) bond motifs is 1. The molecule has 2 atom stereocenters. The summed E-state index contributed by atoms with van der Waals surface area (Å²) < 4.78 is 5.13. The van der Waals surface area contributed by atoms with Crippen molar-refractivity contribution in [2.24, 2.45) is 0 Å². The second-order valence-electron chi connectivity index (χ2n) is 11.5. The molecule has 0 saturated carbocycles. The molecule has 0 spiro atoms. The van der Waals surface area contributed by atoms with Crippen LogP contribution in [0, 0.1) is 0 Å². The number of nitrogens with one attached hydrogen (secondary N) is 5. The van der Waals surface area contributed by atoms with E-state index in [2.05, 4.69) is 52.0 Å². The van der Waals surface area contributed by atoms with Crippen molar-refractivity contribution >= 4 is 46.9 Å². The van der Waals surface area contributed by atoms with Crippen LogP contribution >= 0.6 is 0 Å². The SMILES string of the molecule is CC(C)(C)c1ccc(COC(=O)NC(CNC(=O)CN2C(=O)N[C@@H](CCCNc3nc4ccccc4[nH]3)C2=O)C(=O)O)cc1. The summed E-state index contributed by atoms with van der Waals surface area (Å²) in [7, 11) is 0. The quantitative estimate of drug-likeness (QED) is 0.125. The lowest BCUT2D eigenvalue weighted by Gasteiger charge is -2.19. The van der Waals surface area contributed by atoms with Gasteiger partial charge < -0.3 is 36.1 Å². The van der Waals surface area contributed by atoms with Gasteiger partial charge in [-0.2, -0.15) is 0 Å². The molecule has 1 aliphatic heterocycles. The third kappa shape index (κ3) is 8.46. The molecule has 4 rings (SSSR count). The zero-order valence-electron chi connectivity index (χ0n) is 24.8. The Bertz CT molecular complexity index is 1480. The predicted molar refractivity (Wildman–Crippen MR) is 161 cm³/mol. The Morgan fingerprint density at radius 3 is 2.50 bits per heavy atom. The van der Waals surface area contributed by atoms with Gasteiger partial charge in [0.2, 0.25) is 11.9 Å². The number of hydrogen-bond donors (Lipinski definition) is 6. The third-order valence-electron chi connectivity index (χ3n) is 7.04. The molecule has 0 aliphatic carbocycles. The maximum Gasteiger partial charge on any atom is 0.408 e. The topological polar surface area (TPSA) is 195 Å². The number of rotatable bonds is 13. The summed E-state index contributed by atoms with van der Waals surface area (Å²) >= 11 is 0. The van der Waals surface area contributed by atoms with E-state index in [0.29, 0.717) is 25.3 Å². The molecule has 1 saturated heterocycles. The van der Waals surface area contributed by atoms with E-state index in [1.807, 2.05) is 48.5 Å². The molecule has 44 heavy (non-hydrogen) atoms. The lowest BCUT2D eigenvalue weighted by molar-refractivity contribution is -0.139. The van der Waals surface area contributed by atoms with Crippen LogP contribution in [-0.4, -0.2) is 81.6 Å². The minimum absolute atomic E-state index is 0.0291. The van der Waals surface area contributed by atoms with Crippen LogP contribution in [0.5, 0.6) is 0 Å². The number of para-hydroxylation sites is 2. The van der Waals surface area contributed by atoms with E-state index in [9.17, 15) is 29.1 Å². The van der Waals surface area contributed by atoms with Gasteiger partial charge in [0.1, 0.15) is 25.2 Å². The van der Waals surface area contributed by atoms with E-state index in [1.54, 1.807) is 0 Å². The summed E-state index contributed by atoms with van der Waals surface area (Å²) in [4.78, 5) is 69.7. The van der Waals surface area contributed by atoms with Crippen LogP contribution in [0.15, 0.2) is 48.5 Å². The highest BCUT2D eigenvalue weighted by Gasteiger charge is 2.38. The molecule has 1 aliphatic rings. The summed E-state index contributed by atoms with van der Waals surface area (Å²) in [6.45, 7) is 5.59. The van der Waals surface area contributed by atoms with Crippen LogP contribution < -0.4 is 21.3 Å². The molecule has 1 fully saturated rings. The van der Waals surface area contributed by atoms with Gasteiger partial charge in [0.15, 0.2) is 0 Å². The van der Waals surface area contributed by atoms with Crippen LogP contribution in [-0.2, 0) is 31.1 Å². The van der Waals surface area contributed by atoms with Gasteiger partial charge in [0.25, 0.3) is 5.91 Å². The highest BCUT2D eigenvalue weighted by molar-refractivity contribution is 6.06. The average Bonchev–Trinajstić information content (AvgIpc) is 3.51. The van der Waals surface area contributed by atoms with E-state index < -0.39 is 55.1 Å². The molecule has 0 bridgehead atoms. The second kappa shape index (κ2) is 13.9. The fourth-order valence-corrected chi connectivity index (χ4v) is 4.52. The van der Waals surface area contributed by atoms with Gasteiger partial charge in [0.05, 0.1) is 11.0 Å². The van der Waals surface area contributed by atoms with Gasteiger partial charge in [-0.25, -0.2) is 19.4 Å². The van der Waals surface area contributed by atoms with Crippen molar-refractivity contribution in [3.63, 3.8) is 0 Å². The number of aromatic nitrogens is 2. The minimum Gasteiger partial charge on any atom is -0.480 e. The fourth-order valence-electron chi connectivity index (χ4n) is 4.52. The number of hydrogen-bond acceptors (Lipinski definition) is 8. The first-order valence-corrected chi connectivity index (χ1v) is 14.2. The molecule has 1 aromatic heterocycles. The Labute approximate surface area is 253 Å². The van der Waals surface area contributed by atoms with Gasteiger partial charge in [-0.15, -0.1) is 0 Å². The molecule has 2 aromatic carbocycles. The number of H-pyrrole nitrogens is 1. The summed E-state index contributed by atoms with van der Waals surface area (Å²) in [5, 5.41) is 19.7. The number of aliphatic carboxylic acids is 1. The van der Waals surface area contributed by atoms with E-state index >= 15 is 0 Å². The number of aromatic amines is 1. The van der Waals surface area contributed by atoms with E-state index in [4.69, 9.17) is 4.74 Å². The molecule has 5 amide bonds. The Balaban J connectivity index is 1.17. The van der Waals surface area contributed by atoms with Gasteiger partial charge in [-0.05, 0) is 41.5 Å². The highest BCUT2D eigenvalue weighted by Crippen LogP contribution is 2.22. The summed E-state index contributed by atoms with van der Waals surface area (Å²) in [5.41, 5.74) is 3.53. The molecule has 3 aromatic rings. The zero-order valence-corrected chi connectivity index (χ0v) is 24.8. The van der Waals surface area contributed by atoms with Crippen molar-refractivity contribution < 1.29 is 33.8 Å². The molecule has 14 nitrogen and oxygen atoms in total. The number of alkyl carbamates (subject to hydrolysis) is 1. The number of urea groups is 1. The van der Waals surface area contributed by atoms with Crippen molar-refractivity contribution in [1.82, 2.24) is 30.8 Å². The van der Waals surface area contributed by atoms with Crippen LogP contribution in [0.2, 0.25) is 0 Å². The van der Waals surface area contributed by atoms with Crippen LogP contribution in [0.4, 0.5) is 15.5 Å². The number of anilines is 1. The standard InChI is InChI=1S/C30H37N7O7/c1-30(2,3)19-12-10-18(11-13-19)17-44-29(43)36-23(26(40)41)15-32-24(38)16-37-25(39)22(35-28(37)42)9-6-14-31-27-33-20-7-4-5-8-21(20)34-27/h4-5,7-8,10-13,22-23H,6,9,14-17H2,1-3H3,(H,32,38)(H,35,42)(H,36,43)(H,40,41)(H2,31,33,34)/t22-,23?/m0/s1. The fraction of sp³-hybridized carbons (Fsp3) is 0.400. The first-order valence-electron chi connectivity index (χ1n) is 14.2. The third-order valence-corrected chi connectivity index (χ3v) is 7.04. The van der Waals surface area contributed by atoms with Gasteiger partial charge in [-0.1, -0.05) is 57.2 Å². The van der Waals surface area contributed by atoms with Crippen molar-refractivity contribution in [2.45, 2.75) is 57.7 Å². The highest BCUT2D eigenvalue weighted by atomic mass is 16.5. The summed E-state index contributed by atoms with van der Waals surface area (Å²) in [6.07, 6.45) is -0.0970. The number of carbonyl (C=O) groups excluding carboxylic acids is 4. The van der Waals surface area contributed by atoms with Crippen molar-refractivity contribution in [3.05, 3.63) is 59.7 Å². The van der Waals surface area contributed by atoms with Gasteiger partial charge >= 0.3 is 18.1 Å². The molecule has 14 heteroatoms. The minimum atomic E-state index is -1.50. The number of imide groups is 1. The van der Waals surface area contributed by atoms with Crippen LogP contribution in [0.1, 0.15) is 44.7 Å². The molecular weight excluding hydrogens is 570 g/mol. The number of nitrogens with zero attached hydrogens (tertiary/aromatic N) is 2. The Morgan fingerprint density at radius 2 is 1.82 bits per heavy atom. The molecule has 6 N–H and O–H groups in total. The first kappa shape index (κ1) is 31.8. The maximum atomic E-state index is 12.7. The second-order valence-corrected chi connectivity index (χ2v) is 11.5. The number of carbonyl (C=O) groups is 5. The number of ether oxygens (including phenoxy) is 1. The monoisotopic (exact) mass is 607 g/mol. The van der Waals surface area contributed by atoms with Crippen molar-refractivity contribution in [2.75, 3.05) is 25.0 Å². The summed E-state index contributed by atoms with van der Waals surface area (Å²) in [6, 6.07) is 12.1. The smallest absolute Gasteiger partial charge is 0.408 e. The maximum absolute atomic E-state index is 12.7. The zero-order chi connectivity index (χ0) is 31.9. The lowest BCUT2D eigenvalue weighted by Crippen LogP contribution is -2.50. The Hall–Kier alpha value is -5.14. The van der Waals surface area contributed by atoms with E-state index in [-0.39, 0.29) is 12.0 Å². The van der Waals surface area contributed by atoms with E-state index in [0.717, 1.165) is 27.1 Å². The Kier molecular flexibility index (Phi) is 10.0. The molecule has 2 heterocycles. The number of benzene rings is 2. The number of carboxylic acid groups (broad SMARTS) is 1. The number of amides is 5. The van der Waals surface area contributed by atoms with Gasteiger partial charge in [0, 0.05) is 13.1 Å². The number of carboxylic acids is 1.